The summed E-state index contributed by atoms with van der Waals surface area (Å²) in [5, 5.41) is 19.8. The number of rotatable bonds is 5. The molecule has 0 bridgehead atoms. The highest BCUT2D eigenvalue weighted by molar-refractivity contribution is 7.99. The topological polar surface area (TPSA) is 66.8 Å². The zero-order valence-electron chi connectivity index (χ0n) is 12.2. The van der Waals surface area contributed by atoms with Gasteiger partial charge in [0.1, 0.15) is 5.75 Å². The van der Waals surface area contributed by atoms with Crippen molar-refractivity contribution in [3.63, 3.8) is 0 Å². The SMILES string of the molecule is CCOC(=O)C1CCC(O)(CSc2ccc(O)cc2)CC1. The van der Waals surface area contributed by atoms with Crippen LogP contribution in [0.15, 0.2) is 29.2 Å². The van der Waals surface area contributed by atoms with Gasteiger partial charge in [-0.05, 0) is 56.9 Å². The molecule has 1 saturated carbocycles. The van der Waals surface area contributed by atoms with E-state index in [1.807, 2.05) is 19.1 Å². The molecule has 0 aromatic heterocycles. The molecule has 116 valence electrons. The van der Waals surface area contributed by atoms with Crippen molar-refractivity contribution in [3.05, 3.63) is 24.3 Å². The minimum absolute atomic E-state index is 0.0658. The maximum Gasteiger partial charge on any atom is 0.308 e. The van der Waals surface area contributed by atoms with E-state index in [0.717, 1.165) is 4.90 Å². The van der Waals surface area contributed by atoms with Crippen molar-refractivity contribution in [2.75, 3.05) is 12.4 Å². The van der Waals surface area contributed by atoms with Crippen LogP contribution >= 0.6 is 11.8 Å². The molecule has 0 heterocycles. The normalized spacial score (nSPS) is 25.5. The number of carbonyl (C=O) groups is 1. The monoisotopic (exact) mass is 310 g/mol. The van der Waals surface area contributed by atoms with Crippen LogP contribution in [0, 0.1) is 5.92 Å². The maximum atomic E-state index is 11.7. The summed E-state index contributed by atoms with van der Waals surface area (Å²) in [6.45, 7) is 2.22. The second-order valence-corrected chi connectivity index (χ2v) is 6.58. The van der Waals surface area contributed by atoms with Gasteiger partial charge in [0.25, 0.3) is 0 Å². The first-order valence-corrected chi connectivity index (χ1v) is 8.32. The maximum absolute atomic E-state index is 11.7. The Bertz CT molecular complexity index is 464. The molecule has 2 rings (SSSR count). The van der Waals surface area contributed by atoms with Crippen LogP contribution in [0.4, 0.5) is 0 Å². The number of phenols is 1. The third-order valence-corrected chi connectivity index (χ3v) is 5.17. The van der Waals surface area contributed by atoms with Crippen LogP contribution in [0.3, 0.4) is 0 Å². The summed E-state index contributed by atoms with van der Waals surface area (Å²) in [6.07, 6.45) is 2.63. The highest BCUT2D eigenvalue weighted by Gasteiger charge is 2.36. The molecule has 2 N–H and O–H groups in total. The van der Waals surface area contributed by atoms with Gasteiger partial charge in [-0.25, -0.2) is 0 Å². The highest BCUT2D eigenvalue weighted by atomic mass is 32.2. The molecule has 0 saturated heterocycles. The number of phenolic OH excluding ortho intramolecular Hbond substituents is 1. The van der Waals surface area contributed by atoms with E-state index in [2.05, 4.69) is 0 Å². The van der Waals surface area contributed by atoms with Gasteiger partial charge in [0.2, 0.25) is 0 Å². The van der Waals surface area contributed by atoms with Crippen LogP contribution in [-0.4, -0.2) is 34.1 Å². The molecule has 0 amide bonds. The van der Waals surface area contributed by atoms with Gasteiger partial charge in [-0.3, -0.25) is 4.79 Å². The van der Waals surface area contributed by atoms with E-state index in [1.165, 1.54) is 0 Å². The van der Waals surface area contributed by atoms with Crippen LogP contribution in [0.25, 0.3) is 0 Å². The summed E-state index contributed by atoms with van der Waals surface area (Å²) in [5.41, 5.74) is -0.717. The van der Waals surface area contributed by atoms with Gasteiger partial charge in [-0.1, -0.05) is 0 Å². The largest absolute Gasteiger partial charge is 0.508 e. The first kappa shape index (κ1) is 16.2. The highest BCUT2D eigenvalue weighted by Crippen LogP contribution is 2.36. The molecule has 0 unspecified atom stereocenters. The van der Waals surface area contributed by atoms with Crippen LogP contribution < -0.4 is 0 Å². The summed E-state index contributed by atoms with van der Waals surface area (Å²) in [6, 6.07) is 6.97. The zero-order chi connectivity index (χ0) is 15.3. The fraction of sp³-hybridized carbons (Fsp3) is 0.562. The number of hydrogen-bond donors (Lipinski definition) is 2. The van der Waals surface area contributed by atoms with Crippen molar-refractivity contribution in [2.45, 2.75) is 43.1 Å². The van der Waals surface area contributed by atoms with E-state index in [9.17, 15) is 15.0 Å². The van der Waals surface area contributed by atoms with Gasteiger partial charge in [0, 0.05) is 10.6 Å². The lowest BCUT2D eigenvalue weighted by molar-refractivity contribution is -0.150. The predicted octanol–water partition coefficient (Wildman–Crippen LogP) is 2.97. The second-order valence-electron chi connectivity index (χ2n) is 5.53. The van der Waals surface area contributed by atoms with Crippen molar-refractivity contribution < 1.29 is 19.7 Å². The number of esters is 1. The second kappa shape index (κ2) is 7.18. The quantitative estimate of drug-likeness (QED) is 0.646. The Labute approximate surface area is 129 Å². The fourth-order valence-corrected chi connectivity index (χ4v) is 3.61. The van der Waals surface area contributed by atoms with Gasteiger partial charge in [0.05, 0.1) is 18.1 Å². The van der Waals surface area contributed by atoms with Gasteiger partial charge >= 0.3 is 5.97 Å². The van der Waals surface area contributed by atoms with Crippen LogP contribution in [0.5, 0.6) is 5.75 Å². The summed E-state index contributed by atoms with van der Waals surface area (Å²) in [7, 11) is 0. The molecule has 4 nitrogen and oxygen atoms in total. The van der Waals surface area contributed by atoms with Crippen LogP contribution in [-0.2, 0) is 9.53 Å². The number of aromatic hydroxyl groups is 1. The van der Waals surface area contributed by atoms with Gasteiger partial charge in [-0.2, -0.15) is 0 Å². The van der Waals surface area contributed by atoms with Gasteiger partial charge in [-0.15, -0.1) is 11.8 Å². The molecule has 0 spiro atoms. The molecular formula is C16H22O4S. The molecule has 5 heteroatoms. The third-order valence-electron chi connectivity index (χ3n) is 3.88. The van der Waals surface area contributed by atoms with Crippen LogP contribution in [0.1, 0.15) is 32.6 Å². The van der Waals surface area contributed by atoms with Gasteiger partial charge in [0.15, 0.2) is 0 Å². The first-order valence-electron chi connectivity index (χ1n) is 7.33. The lowest BCUT2D eigenvalue weighted by Gasteiger charge is -2.34. The molecule has 0 atom stereocenters. The summed E-state index contributed by atoms with van der Waals surface area (Å²) < 4.78 is 5.04. The molecule has 1 aromatic rings. The number of aliphatic hydroxyl groups is 1. The van der Waals surface area contributed by atoms with Crippen molar-refractivity contribution in [1.29, 1.82) is 0 Å². The Kier molecular flexibility index (Phi) is 5.53. The minimum atomic E-state index is -0.717. The molecule has 0 radical (unpaired) electrons. The Morgan fingerprint density at radius 1 is 1.33 bits per heavy atom. The summed E-state index contributed by atoms with van der Waals surface area (Å²) >= 11 is 1.58. The molecule has 0 aliphatic heterocycles. The number of ether oxygens (including phenoxy) is 1. The Hall–Kier alpha value is -1.20. The number of thioether (sulfide) groups is 1. The third kappa shape index (κ3) is 4.64. The molecule has 21 heavy (non-hydrogen) atoms. The number of benzene rings is 1. The van der Waals surface area contributed by atoms with E-state index in [1.54, 1.807) is 23.9 Å². The van der Waals surface area contributed by atoms with E-state index in [-0.39, 0.29) is 17.6 Å². The number of hydrogen-bond acceptors (Lipinski definition) is 5. The summed E-state index contributed by atoms with van der Waals surface area (Å²) in [4.78, 5) is 12.7. The fourth-order valence-electron chi connectivity index (χ4n) is 2.56. The molecular weight excluding hydrogens is 288 g/mol. The average molecular weight is 310 g/mol. The zero-order valence-corrected chi connectivity index (χ0v) is 13.1. The minimum Gasteiger partial charge on any atom is -0.508 e. The predicted molar refractivity (Wildman–Crippen MR) is 82.4 cm³/mol. The van der Waals surface area contributed by atoms with Crippen molar-refractivity contribution in [3.8, 4) is 5.75 Å². The van der Waals surface area contributed by atoms with E-state index in [0.29, 0.717) is 38.0 Å². The van der Waals surface area contributed by atoms with Crippen molar-refractivity contribution in [2.24, 2.45) is 5.92 Å². The van der Waals surface area contributed by atoms with Crippen molar-refractivity contribution >= 4 is 17.7 Å². The summed E-state index contributed by atoms with van der Waals surface area (Å²) in [5.74, 6) is 0.649. The van der Waals surface area contributed by atoms with Gasteiger partial charge < -0.3 is 14.9 Å². The van der Waals surface area contributed by atoms with E-state index >= 15 is 0 Å². The molecule has 1 aliphatic carbocycles. The number of carbonyl (C=O) groups excluding carboxylic acids is 1. The smallest absolute Gasteiger partial charge is 0.308 e. The molecule has 1 aromatic carbocycles. The first-order chi connectivity index (χ1) is 10.0. The van der Waals surface area contributed by atoms with Crippen LogP contribution in [0.2, 0.25) is 0 Å². The molecule has 1 fully saturated rings. The lowest BCUT2D eigenvalue weighted by atomic mass is 9.80. The molecule has 1 aliphatic rings. The Morgan fingerprint density at radius 3 is 2.52 bits per heavy atom. The standard InChI is InChI=1S/C16H22O4S/c1-2-20-15(18)12-7-9-16(19,10-8-12)11-21-14-5-3-13(17)4-6-14/h3-6,12,17,19H,2,7-11H2,1H3. The Balaban J connectivity index is 1.82. The Morgan fingerprint density at radius 2 is 1.95 bits per heavy atom. The lowest BCUT2D eigenvalue weighted by Crippen LogP contribution is -2.38. The average Bonchev–Trinajstić information content (AvgIpc) is 2.48. The van der Waals surface area contributed by atoms with Crippen molar-refractivity contribution in [1.82, 2.24) is 0 Å². The van der Waals surface area contributed by atoms with E-state index in [4.69, 9.17) is 4.74 Å². The van der Waals surface area contributed by atoms with E-state index < -0.39 is 5.60 Å².